The van der Waals surface area contributed by atoms with Gasteiger partial charge in [0.15, 0.2) is 5.82 Å². The summed E-state index contributed by atoms with van der Waals surface area (Å²) in [5.74, 6) is 0.0387. The number of benzene rings is 1. The normalized spacial score (nSPS) is 10.0. The number of halogens is 1. The Balaban J connectivity index is 2.47. The second-order valence-corrected chi connectivity index (χ2v) is 4.20. The standard InChI is InChI=1S/C14H14FN5O/c1-3-4-21-14-19-12(18-13(17-2)20-14)10-5-9(8-16)6-11(15)7-10/h5-7H,3-4H2,1-2H3,(H,17,18,19,20). The van der Waals surface area contributed by atoms with Crippen molar-refractivity contribution >= 4 is 5.95 Å². The molecular weight excluding hydrogens is 273 g/mol. The molecule has 0 aliphatic rings. The average molecular weight is 287 g/mol. The van der Waals surface area contributed by atoms with Gasteiger partial charge in [-0.2, -0.15) is 20.2 Å². The third kappa shape index (κ3) is 3.63. The van der Waals surface area contributed by atoms with Gasteiger partial charge in [0.05, 0.1) is 18.2 Å². The quantitative estimate of drug-likeness (QED) is 0.909. The number of anilines is 1. The minimum absolute atomic E-state index is 0.161. The van der Waals surface area contributed by atoms with Gasteiger partial charge in [0.25, 0.3) is 0 Å². The zero-order valence-electron chi connectivity index (χ0n) is 11.7. The first-order valence-electron chi connectivity index (χ1n) is 6.44. The van der Waals surface area contributed by atoms with Crippen LogP contribution < -0.4 is 10.1 Å². The Kier molecular flexibility index (Phi) is 4.61. The Morgan fingerprint density at radius 3 is 2.76 bits per heavy atom. The van der Waals surface area contributed by atoms with Gasteiger partial charge in [-0.15, -0.1) is 0 Å². The van der Waals surface area contributed by atoms with Crippen molar-refractivity contribution in [2.45, 2.75) is 13.3 Å². The van der Waals surface area contributed by atoms with Gasteiger partial charge < -0.3 is 10.1 Å². The molecule has 2 rings (SSSR count). The maximum atomic E-state index is 13.5. The number of ether oxygens (including phenoxy) is 1. The SMILES string of the molecule is CCCOc1nc(NC)nc(-c2cc(F)cc(C#N)c2)n1. The molecule has 1 aromatic carbocycles. The van der Waals surface area contributed by atoms with Crippen LogP contribution in [0.25, 0.3) is 11.4 Å². The Hall–Kier alpha value is -2.75. The zero-order valence-corrected chi connectivity index (χ0v) is 11.7. The smallest absolute Gasteiger partial charge is 0.321 e. The molecule has 7 heteroatoms. The highest BCUT2D eigenvalue weighted by Gasteiger charge is 2.11. The topological polar surface area (TPSA) is 83.7 Å². The molecule has 0 atom stereocenters. The molecule has 0 unspecified atom stereocenters. The van der Waals surface area contributed by atoms with E-state index in [9.17, 15) is 4.39 Å². The molecule has 21 heavy (non-hydrogen) atoms. The van der Waals surface area contributed by atoms with Crippen molar-refractivity contribution < 1.29 is 9.13 Å². The first kappa shape index (κ1) is 14.7. The summed E-state index contributed by atoms with van der Waals surface area (Å²) in [4.78, 5) is 12.4. The molecule has 1 N–H and O–H groups in total. The van der Waals surface area contributed by atoms with E-state index in [1.54, 1.807) is 7.05 Å². The van der Waals surface area contributed by atoms with E-state index in [1.165, 1.54) is 12.1 Å². The molecule has 108 valence electrons. The molecule has 0 bridgehead atoms. The number of nitrogens with one attached hydrogen (secondary N) is 1. The van der Waals surface area contributed by atoms with Gasteiger partial charge in [0.2, 0.25) is 5.95 Å². The van der Waals surface area contributed by atoms with Crippen LogP contribution >= 0.6 is 0 Å². The lowest BCUT2D eigenvalue weighted by atomic mass is 10.1. The number of hydrogen-bond donors (Lipinski definition) is 1. The molecule has 0 fully saturated rings. The zero-order chi connectivity index (χ0) is 15.2. The maximum Gasteiger partial charge on any atom is 0.321 e. The summed E-state index contributed by atoms with van der Waals surface area (Å²) in [6.07, 6.45) is 0.814. The summed E-state index contributed by atoms with van der Waals surface area (Å²) in [6.45, 7) is 2.44. The van der Waals surface area contributed by atoms with Crippen LogP contribution in [0.15, 0.2) is 18.2 Å². The number of aromatic nitrogens is 3. The fourth-order valence-electron chi connectivity index (χ4n) is 1.64. The highest BCUT2D eigenvalue weighted by atomic mass is 19.1. The lowest BCUT2D eigenvalue weighted by Crippen LogP contribution is -2.06. The van der Waals surface area contributed by atoms with Gasteiger partial charge in [-0.1, -0.05) is 6.92 Å². The number of hydrogen-bond acceptors (Lipinski definition) is 6. The Labute approximate surface area is 121 Å². The number of nitriles is 1. The van der Waals surface area contributed by atoms with Crippen molar-refractivity contribution in [2.75, 3.05) is 19.0 Å². The van der Waals surface area contributed by atoms with E-state index in [2.05, 4.69) is 20.3 Å². The summed E-state index contributed by atoms with van der Waals surface area (Å²) >= 11 is 0. The van der Waals surface area contributed by atoms with Crippen molar-refractivity contribution in [1.29, 1.82) is 5.26 Å². The van der Waals surface area contributed by atoms with Crippen LogP contribution in [0.3, 0.4) is 0 Å². The molecule has 2 aromatic rings. The maximum absolute atomic E-state index is 13.5. The predicted molar refractivity (Wildman–Crippen MR) is 75.3 cm³/mol. The highest BCUT2D eigenvalue weighted by Crippen LogP contribution is 2.21. The first-order chi connectivity index (χ1) is 10.2. The Morgan fingerprint density at radius 1 is 1.29 bits per heavy atom. The second kappa shape index (κ2) is 6.61. The summed E-state index contributed by atoms with van der Waals surface area (Å²) in [5.41, 5.74) is 0.597. The van der Waals surface area contributed by atoms with E-state index in [4.69, 9.17) is 10.00 Å². The summed E-state index contributed by atoms with van der Waals surface area (Å²) in [6, 6.07) is 5.99. The molecule has 6 nitrogen and oxygen atoms in total. The molecule has 0 radical (unpaired) electrons. The van der Waals surface area contributed by atoms with Crippen LogP contribution in [0.1, 0.15) is 18.9 Å². The Bertz CT molecular complexity index is 684. The van der Waals surface area contributed by atoms with Gasteiger partial charge in [-0.25, -0.2) is 4.39 Å². The van der Waals surface area contributed by atoms with Gasteiger partial charge in [0.1, 0.15) is 5.82 Å². The van der Waals surface area contributed by atoms with Crippen molar-refractivity contribution in [1.82, 2.24) is 15.0 Å². The van der Waals surface area contributed by atoms with E-state index in [1.807, 2.05) is 13.0 Å². The van der Waals surface area contributed by atoms with Gasteiger partial charge in [-0.05, 0) is 24.6 Å². The molecule has 0 spiro atoms. The molecule has 1 aromatic heterocycles. The Morgan fingerprint density at radius 2 is 2.10 bits per heavy atom. The van der Waals surface area contributed by atoms with E-state index in [-0.39, 0.29) is 17.4 Å². The monoisotopic (exact) mass is 287 g/mol. The van der Waals surface area contributed by atoms with Crippen LogP contribution in [0.4, 0.5) is 10.3 Å². The fraction of sp³-hybridized carbons (Fsp3) is 0.286. The van der Waals surface area contributed by atoms with E-state index in [0.717, 1.165) is 12.5 Å². The van der Waals surface area contributed by atoms with Crippen molar-refractivity contribution in [3.63, 3.8) is 0 Å². The predicted octanol–water partition coefficient (Wildman–Crippen LogP) is 2.38. The van der Waals surface area contributed by atoms with Crippen LogP contribution in [-0.4, -0.2) is 28.6 Å². The molecule has 0 saturated heterocycles. The molecule has 0 saturated carbocycles. The third-order valence-corrected chi connectivity index (χ3v) is 2.56. The largest absolute Gasteiger partial charge is 0.463 e. The molecule has 0 aliphatic carbocycles. The average Bonchev–Trinajstić information content (AvgIpc) is 2.51. The van der Waals surface area contributed by atoms with Crippen LogP contribution in [0.5, 0.6) is 6.01 Å². The summed E-state index contributed by atoms with van der Waals surface area (Å²) < 4.78 is 18.9. The highest BCUT2D eigenvalue weighted by molar-refractivity contribution is 5.59. The lowest BCUT2D eigenvalue weighted by molar-refractivity contribution is 0.292. The minimum Gasteiger partial charge on any atom is -0.463 e. The van der Waals surface area contributed by atoms with Crippen LogP contribution in [0.2, 0.25) is 0 Å². The third-order valence-electron chi connectivity index (χ3n) is 2.56. The molecule has 1 heterocycles. The van der Waals surface area contributed by atoms with Gasteiger partial charge in [0, 0.05) is 12.6 Å². The first-order valence-corrected chi connectivity index (χ1v) is 6.44. The fourth-order valence-corrected chi connectivity index (χ4v) is 1.64. The van der Waals surface area contributed by atoms with Crippen molar-refractivity contribution in [3.8, 4) is 23.5 Å². The van der Waals surface area contributed by atoms with E-state index >= 15 is 0 Å². The van der Waals surface area contributed by atoms with Gasteiger partial charge >= 0.3 is 6.01 Å². The lowest BCUT2D eigenvalue weighted by Gasteiger charge is -2.08. The summed E-state index contributed by atoms with van der Waals surface area (Å²) in [7, 11) is 1.66. The van der Waals surface area contributed by atoms with Crippen LogP contribution in [-0.2, 0) is 0 Å². The molecule has 0 aliphatic heterocycles. The van der Waals surface area contributed by atoms with Crippen LogP contribution in [0, 0.1) is 17.1 Å². The van der Waals surface area contributed by atoms with E-state index < -0.39 is 5.82 Å². The van der Waals surface area contributed by atoms with Crippen molar-refractivity contribution in [2.24, 2.45) is 0 Å². The molecular formula is C14H14FN5O. The number of rotatable bonds is 5. The second-order valence-electron chi connectivity index (χ2n) is 4.20. The molecule has 0 amide bonds. The minimum atomic E-state index is -0.522. The van der Waals surface area contributed by atoms with Crippen molar-refractivity contribution in [3.05, 3.63) is 29.6 Å². The van der Waals surface area contributed by atoms with E-state index in [0.29, 0.717) is 18.1 Å². The number of nitrogens with zero attached hydrogens (tertiary/aromatic N) is 4. The van der Waals surface area contributed by atoms with Gasteiger partial charge in [-0.3, -0.25) is 0 Å². The summed E-state index contributed by atoms with van der Waals surface area (Å²) in [5, 5.41) is 11.7.